The number of rotatable bonds is 7. The fraction of sp³-hybridized carbons (Fsp3) is 0.938. The van der Waals surface area contributed by atoms with E-state index in [1.807, 2.05) is 6.92 Å². The van der Waals surface area contributed by atoms with Crippen LogP contribution in [0, 0.1) is 11.8 Å². The van der Waals surface area contributed by atoms with Crippen molar-refractivity contribution in [1.82, 2.24) is 5.32 Å². The highest BCUT2D eigenvalue weighted by molar-refractivity contribution is 5.72. The highest BCUT2D eigenvalue weighted by Crippen LogP contribution is 2.32. The van der Waals surface area contributed by atoms with E-state index in [1.54, 1.807) is 0 Å². The van der Waals surface area contributed by atoms with Crippen molar-refractivity contribution in [3.63, 3.8) is 0 Å². The van der Waals surface area contributed by atoms with Gasteiger partial charge in [-0.3, -0.25) is 4.79 Å². The van der Waals surface area contributed by atoms with Crippen molar-refractivity contribution in [2.75, 3.05) is 13.2 Å². The molecule has 0 aromatic rings. The Morgan fingerprint density at radius 1 is 1.35 bits per heavy atom. The summed E-state index contributed by atoms with van der Waals surface area (Å²) in [5.41, 5.74) is -0.661. The van der Waals surface area contributed by atoms with Gasteiger partial charge in [-0.15, -0.1) is 0 Å². The van der Waals surface area contributed by atoms with Crippen LogP contribution in [0.15, 0.2) is 0 Å². The first-order valence-corrected chi connectivity index (χ1v) is 8.04. The lowest BCUT2D eigenvalue weighted by Crippen LogP contribution is -2.48. The normalized spacial score (nSPS) is 28.4. The Morgan fingerprint density at radius 3 is 2.40 bits per heavy atom. The van der Waals surface area contributed by atoms with Gasteiger partial charge in [0.2, 0.25) is 0 Å². The molecule has 20 heavy (non-hydrogen) atoms. The Bertz CT molecular complexity index is 296. The van der Waals surface area contributed by atoms with Gasteiger partial charge < -0.3 is 15.2 Å². The van der Waals surface area contributed by atoms with E-state index in [2.05, 4.69) is 26.1 Å². The van der Waals surface area contributed by atoms with Crippen molar-refractivity contribution in [2.24, 2.45) is 11.8 Å². The highest BCUT2D eigenvalue weighted by atomic mass is 16.5. The summed E-state index contributed by atoms with van der Waals surface area (Å²) in [7, 11) is 0. The fourth-order valence-corrected chi connectivity index (χ4v) is 3.00. The zero-order valence-electron chi connectivity index (χ0n) is 13.4. The second-order valence-electron chi connectivity index (χ2n) is 6.39. The summed E-state index contributed by atoms with van der Waals surface area (Å²) in [6.45, 7) is 9.45. The third-order valence-electron chi connectivity index (χ3n) is 4.47. The standard InChI is InChI=1S/C16H31NO3/c1-5-14(12(3)4)17-11-16(19)9-7-13(8-10-16)15(18)20-6-2/h12-14,17,19H,5-11H2,1-4H3. The molecule has 0 radical (unpaired) electrons. The number of esters is 1. The van der Waals surface area contributed by atoms with Gasteiger partial charge in [0.15, 0.2) is 0 Å². The zero-order valence-corrected chi connectivity index (χ0v) is 13.4. The first kappa shape index (κ1) is 17.4. The third-order valence-corrected chi connectivity index (χ3v) is 4.47. The minimum atomic E-state index is -0.661. The van der Waals surface area contributed by atoms with E-state index in [0.717, 1.165) is 19.3 Å². The molecule has 118 valence electrons. The number of hydrogen-bond acceptors (Lipinski definition) is 4. The number of nitrogens with one attached hydrogen (secondary N) is 1. The van der Waals surface area contributed by atoms with Crippen LogP contribution in [-0.4, -0.2) is 35.9 Å². The lowest BCUT2D eigenvalue weighted by molar-refractivity contribution is -0.151. The lowest BCUT2D eigenvalue weighted by Gasteiger charge is -2.37. The first-order valence-electron chi connectivity index (χ1n) is 8.04. The van der Waals surface area contributed by atoms with Crippen molar-refractivity contribution in [2.45, 2.75) is 71.4 Å². The monoisotopic (exact) mass is 285 g/mol. The predicted octanol–water partition coefficient (Wildman–Crippen LogP) is 2.50. The molecule has 1 atom stereocenters. The van der Waals surface area contributed by atoms with E-state index >= 15 is 0 Å². The topological polar surface area (TPSA) is 58.6 Å². The van der Waals surface area contributed by atoms with Crippen LogP contribution in [0.25, 0.3) is 0 Å². The summed E-state index contributed by atoms with van der Waals surface area (Å²) in [4.78, 5) is 11.7. The van der Waals surface area contributed by atoms with Gasteiger partial charge in [0.1, 0.15) is 0 Å². The average Bonchev–Trinajstić information content (AvgIpc) is 2.40. The summed E-state index contributed by atoms with van der Waals surface area (Å²) in [5, 5.41) is 14.1. The number of ether oxygens (including phenoxy) is 1. The minimum Gasteiger partial charge on any atom is -0.466 e. The second-order valence-corrected chi connectivity index (χ2v) is 6.39. The first-order chi connectivity index (χ1) is 9.41. The van der Waals surface area contributed by atoms with E-state index < -0.39 is 5.60 Å². The van der Waals surface area contributed by atoms with Crippen molar-refractivity contribution >= 4 is 5.97 Å². The summed E-state index contributed by atoms with van der Waals surface area (Å²) >= 11 is 0. The van der Waals surface area contributed by atoms with E-state index in [4.69, 9.17) is 4.74 Å². The molecule has 0 spiro atoms. The minimum absolute atomic E-state index is 0.0257. The molecule has 0 aromatic carbocycles. The SMILES string of the molecule is CCOC(=O)C1CCC(O)(CNC(CC)C(C)C)CC1. The molecule has 0 amide bonds. The van der Waals surface area contributed by atoms with Crippen LogP contribution in [0.5, 0.6) is 0 Å². The molecule has 1 fully saturated rings. The number of carbonyl (C=O) groups excluding carboxylic acids is 1. The molecule has 1 aliphatic rings. The Morgan fingerprint density at radius 2 is 1.95 bits per heavy atom. The van der Waals surface area contributed by atoms with Crippen LogP contribution in [0.4, 0.5) is 0 Å². The van der Waals surface area contributed by atoms with E-state index in [-0.39, 0.29) is 11.9 Å². The van der Waals surface area contributed by atoms with Gasteiger partial charge in [0.05, 0.1) is 18.1 Å². The van der Waals surface area contributed by atoms with Crippen LogP contribution in [0.2, 0.25) is 0 Å². The van der Waals surface area contributed by atoms with Gasteiger partial charge in [-0.05, 0) is 44.9 Å². The summed E-state index contributed by atoms with van der Waals surface area (Å²) in [6, 6.07) is 0.446. The van der Waals surface area contributed by atoms with Gasteiger partial charge in [0, 0.05) is 12.6 Å². The summed E-state index contributed by atoms with van der Waals surface area (Å²) < 4.78 is 5.06. The Balaban J connectivity index is 2.40. The molecule has 0 saturated heterocycles. The third kappa shape index (κ3) is 5.06. The van der Waals surface area contributed by atoms with E-state index in [1.165, 1.54) is 0 Å². The quantitative estimate of drug-likeness (QED) is 0.706. The molecule has 4 nitrogen and oxygen atoms in total. The Kier molecular flexibility index (Phi) is 6.96. The van der Waals surface area contributed by atoms with Gasteiger partial charge >= 0.3 is 5.97 Å². The number of carbonyl (C=O) groups is 1. The van der Waals surface area contributed by atoms with Crippen LogP contribution < -0.4 is 5.32 Å². The van der Waals surface area contributed by atoms with Crippen molar-refractivity contribution < 1.29 is 14.6 Å². The van der Waals surface area contributed by atoms with E-state index in [9.17, 15) is 9.90 Å². The van der Waals surface area contributed by atoms with Gasteiger partial charge in [0.25, 0.3) is 0 Å². The van der Waals surface area contributed by atoms with Crippen LogP contribution in [-0.2, 0) is 9.53 Å². The van der Waals surface area contributed by atoms with Crippen LogP contribution in [0.3, 0.4) is 0 Å². The maximum Gasteiger partial charge on any atom is 0.308 e. The molecule has 1 unspecified atom stereocenters. The summed E-state index contributed by atoms with van der Waals surface area (Å²) in [5.74, 6) is 0.442. The van der Waals surface area contributed by atoms with E-state index in [0.29, 0.717) is 38.0 Å². The van der Waals surface area contributed by atoms with Gasteiger partial charge in [-0.25, -0.2) is 0 Å². The molecule has 0 aromatic heterocycles. The molecule has 0 heterocycles. The lowest BCUT2D eigenvalue weighted by atomic mass is 9.78. The maximum absolute atomic E-state index is 11.7. The molecule has 1 saturated carbocycles. The molecule has 0 aliphatic heterocycles. The van der Waals surface area contributed by atoms with Crippen molar-refractivity contribution in [1.29, 1.82) is 0 Å². The highest BCUT2D eigenvalue weighted by Gasteiger charge is 2.36. The fourth-order valence-electron chi connectivity index (χ4n) is 3.00. The van der Waals surface area contributed by atoms with Crippen LogP contribution in [0.1, 0.15) is 59.8 Å². The number of hydrogen-bond donors (Lipinski definition) is 2. The Hall–Kier alpha value is -0.610. The van der Waals surface area contributed by atoms with Crippen LogP contribution >= 0.6 is 0 Å². The molecular formula is C16H31NO3. The molecule has 2 N–H and O–H groups in total. The maximum atomic E-state index is 11.7. The molecule has 1 aliphatic carbocycles. The summed E-state index contributed by atoms with van der Waals surface area (Å²) in [6.07, 6.45) is 3.89. The Labute approximate surface area is 123 Å². The van der Waals surface area contributed by atoms with Gasteiger partial charge in [-0.2, -0.15) is 0 Å². The van der Waals surface area contributed by atoms with Crippen molar-refractivity contribution in [3.05, 3.63) is 0 Å². The van der Waals surface area contributed by atoms with Gasteiger partial charge in [-0.1, -0.05) is 20.8 Å². The largest absolute Gasteiger partial charge is 0.466 e. The predicted molar refractivity (Wildman–Crippen MR) is 80.5 cm³/mol. The molecular weight excluding hydrogens is 254 g/mol. The second kappa shape index (κ2) is 7.99. The number of aliphatic hydroxyl groups is 1. The smallest absolute Gasteiger partial charge is 0.308 e. The average molecular weight is 285 g/mol. The molecule has 0 bridgehead atoms. The zero-order chi connectivity index (χ0) is 15.2. The van der Waals surface area contributed by atoms with Crippen molar-refractivity contribution in [3.8, 4) is 0 Å². The molecule has 1 rings (SSSR count). The molecule has 4 heteroatoms.